The highest BCUT2D eigenvalue weighted by Crippen LogP contribution is 2.56. The third-order valence-corrected chi connectivity index (χ3v) is 6.70. The van der Waals surface area contributed by atoms with E-state index < -0.39 is 0 Å². The molecule has 3 rings (SSSR count). The van der Waals surface area contributed by atoms with Gasteiger partial charge in [-0.15, -0.1) is 0 Å². The maximum Gasteiger partial charge on any atom is -0.00732 e. The Kier molecular flexibility index (Phi) is 3.63. The molecule has 1 fully saturated rings. The van der Waals surface area contributed by atoms with E-state index in [4.69, 9.17) is 0 Å². The average molecular weight is 272 g/mol. The highest BCUT2D eigenvalue weighted by molar-refractivity contribution is 5.35. The van der Waals surface area contributed by atoms with E-state index in [1.807, 2.05) is 16.7 Å². The fraction of sp³-hybridized carbons (Fsp3) is 0.800. The number of hydrogen-bond acceptors (Lipinski definition) is 0. The maximum absolute atomic E-state index is 2.57. The number of rotatable bonds is 1. The van der Waals surface area contributed by atoms with Crippen molar-refractivity contribution in [2.24, 2.45) is 23.2 Å². The second-order valence-corrected chi connectivity index (χ2v) is 8.36. The van der Waals surface area contributed by atoms with E-state index in [0.29, 0.717) is 5.41 Å². The van der Waals surface area contributed by atoms with Gasteiger partial charge in [0, 0.05) is 0 Å². The van der Waals surface area contributed by atoms with Crippen molar-refractivity contribution in [1.29, 1.82) is 0 Å². The molecule has 20 heavy (non-hydrogen) atoms. The molecule has 0 amide bonds. The van der Waals surface area contributed by atoms with Crippen LogP contribution in [0.3, 0.4) is 0 Å². The summed E-state index contributed by atoms with van der Waals surface area (Å²) >= 11 is 0. The Morgan fingerprint density at radius 1 is 1.10 bits per heavy atom. The molecule has 0 heterocycles. The molecule has 3 atom stereocenters. The van der Waals surface area contributed by atoms with Crippen molar-refractivity contribution in [2.75, 3.05) is 0 Å². The monoisotopic (exact) mass is 272 g/mol. The van der Waals surface area contributed by atoms with Gasteiger partial charge in [-0.3, -0.25) is 0 Å². The topological polar surface area (TPSA) is 0 Å². The Bertz CT molecular complexity index is 462. The van der Waals surface area contributed by atoms with Crippen molar-refractivity contribution in [1.82, 2.24) is 0 Å². The van der Waals surface area contributed by atoms with E-state index in [1.54, 1.807) is 5.57 Å². The average Bonchev–Trinajstić information content (AvgIpc) is 2.88. The summed E-state index contributed by atoms with van der Waals surface area (Å²) in [5, 5.41) is 0. The summed E-state index contributed by atoms with van der Waals surface area (Å²) in [6.45, 7) is 12.3. The molecular formula is C20H32. The Hall–Kier alpha value is -0.520. The standard InChI is InChI=1S/C20H32/c1-13(2)16-10-11-20(5)12-18-15(4)6-8-17(18)14(3)7-9-19(16)20/h13-14,17H,6-12H2,1-5H3/t14-,17-,20+/m0/s1. The van der Waals surface area contributed by atoms with Crippen LogP contribution in [-0.4, -0.2) is 0 Å². The Labute approximate surface area is 125 Å². The maximum atomic E-state index is 2.57. The second kappa shape index (κ2) is 5.04. The summed E-state index contributed by atoms with van der Waals surface area (Å²) in [5.41, 5.74) is 7.78. The van der Waals surface area contributed by atoms with Crippen LogP contribution in [0.1, 0.15) is 79.6 Å². The second-order valence-electron chi connectivity index (χ2n) is 8.36. The molecule has 0 bridgehead atoms. The van der Waals surface area contributed by atoms with Gasteiger partial charge in [0.05, 0.1) is 0 Å². The Morgan fingerprint density at radius 3 is 2.55 bits per heavy atom. The van der Waals surface area contributed by atoms with Crippen LogP contribution in [0.25, 0.3) is 0 Å². The van der Waals surface area contributed by atoms with Gasteiger partial charge >= 0.3 is 0 Å². The third kappa shape index (κ3) is 2.20. The fourth-order valence-electron chi connectivity index (χ4n) is 5.32. The lowest BCUT2D eigenvalue weighted by atomic mass is 9.68. The molecule has 0 saturated heterocycles. The number of fused-ring (bicyclic) bond motifs is 2. The first-order valence-corrected chi connectivity index (χ1v) is 8.83. The Balaban J connectivity index is 2.00. The van der Waals surface area contributed by atoms with Crippen LogP contribution >= 0.6 is 0 Å². The summed E-state index contributed by atoms with van der Waals surface area (Å²) in [4.78, 5) is 0. The zero-order valence-electron chi connectivity index (χ0n) is 14.2. The van der Waals surface area contributed by atoms with Gasteiger partial charge < -0.3 is 0 Å². The zero-order valence-corrected chi connectivity index (χ0v) is 14.2. The molecule has 3 aliphatic carbocycles. The van der Waals surface area contributed by atoms with Crippen molar-refractivity contribution in [3.63, 3.8) is 0 Å². The molecule has 112 valence electrons. The van der Waals surface area contributed by atoms with Gasteiger partial charge in [0.15, 0.2) is 0 Å². The molecule has 0 aromatic heterocycles. The van der Waals surface area contributed by atoms with Crippen LogP contribution in [0.15, 0.2) is 22.3 Å². The largest absolute Gasteiger partial charge is 0.0738 e. The molecule has 0 N–H and O–H groups in total. The van der Waals surface area contributed by atoms with Gasteiger partial charge in [0.1, 0.15) is 0 Å². The van der Waals surface area contributed by atoms with Crippen LogP contribution in [0.5, 0.6) is 0 Å². The third-order valence-electron chi connectivity index (χ3n) is 6.70. The van der Waals surface area contributed by atoms with Crippen LogP contribution in [0, 0.1) is 23.2 Å². The molecule has 0 nitrogen and oxygen atoms in total. The van der Waals surface area contributed by atoms with E-state index in [-0.39, 0.29) is 0 Å². The normalized spacial score (nSPS) is 38.1. The SMILES string of the molecule is CC1=C2C[C@@]3(C)CCC(C(C)C)=C3CC[C@H](C)[C@@H]2CC1. The van der Waals surface area contributed by atoms with Gasteiger partial charge in [-0.1, -0.05) is 50.0 Å². The lowest BCUT2D eigenvalue weighted by Gasteiger charge is -2.37. The van der Waals surface area contributed by atoms with Crippen LogP contribution in [-0.2, 0) is 0 Å². The number of allylic oxidation sites excluding steroid dienone is 4. The molecule has 0 aliphatic heterocycles. The van der Waals surface area contributed by atoms with Gasteiger partial charge in [0.25, 0.3) is 0 Å². The summed E-state index contributed by atoms with van der Waals surface area (Å²) in [7, 11) is 0. The Morgan fingerprint density at radius 2 is 1.85 bits per heavy atom. The molecule has 0 aromatic carbocycles. The van der Waals surface area contributed by atoms with Gasteiger partial charge in [0.2, 0.25) is 0 Å². The van der Waals surface area contributed by atoms with Crippen LogP contribution in [0.4, 0.5) is 0 Å². The quantitative estimate of drug-likeness (QED) is 0.492. The fourth-order valence-corrected chi connectivity index (χ4v) is 5.32. The minimum atomic E-state index is 0.499. The van der Waals surface area contributed by atoms with Crippen LogP contribution in [0.2, 0.25) is 0 Å². The summed E-state index contributed by atoms with van der Waals surface area (Å²) in [6.07, 6.45) is 9.77. The highest BCUT2D eigenvalue weighted by Gasteiger charge is 2.42. The lowest BCUT2D eigenvalue weighted by Crippen LogP contribution is -2.25. The molecule has 1 saturated carbocycles. The van der Waals surface area contributed by atoms with Crippen molar-refractivity contribution < 1.29 is 0 Å². The molecule has 0 heteroatoms. The molecule has 0 radical (unpaired) electrons. The summed E-state index contributed by atoms with van der Waals surface area (Å²) < 4.78 is 0. The molecule has 0 aromatic rings. The van der Waals surface area contributed by atoms with E-state index in [1.165, 1.54) is 44.9 Å². The van der Waals surface area contributed by atoms with E-state index in [0.717, 1.165) is 17.8 Å². The van der Waals surface area contributed by atoms with E-state index in [2.05, 4.69) is 34.6 Å². The van der Waals surface area contributed by atoms with E-state index in [9.17, 15) is 0 Å². The summed E-state index contributed by atoms with van der Waals surface area (Å²) in [6, 6.07) is 0. The number of hydrogen-bond donors (Lipinski definition) is 0. The van der Waals surface area contributed by atoms with Crippen molar-refractivity contribution in [2.45, 2.75) is 79.6 Å². The highest BCUT2D eigenvalue weighted by atomic mass is 14.5. The zero-order chi connectivity index (χ0) is 14.5. The molecule has 0 unspecified atom stereocenters. The van der Waals surface area contributed by atoms with Crippen LogP contribution < -0.4 is 0 Å². The van der Waals surface area contributed by atoms with Gasteiger partial charge in [-0.2, -0.15) is 0 Å². The molecule has 3 aliphatic rings. The minimum Gasteiger partial charge on any atom is -0.0738 e. The van der Waals surface area contributed by atoms with Gasteiger partial charge in [-0.25, -0.2) is 0 Å². The smallest absolute Gasteiger partial charge is 0.00732 e. The molecular weight excluding hydrogens is 240 g/mol. The molecule has 0 spiro atoms. The lowest BCUT2D eigenvalue weighted by molar-refractivity contribution is 0.291. The predicted octanol–water partition coefficient (Wildman–Crippen LogP) is 6.29. The minimum absolute atomic E-state index is 0.499. The first-order chi connectivity index (χ1) is 9.42. The predicted molar refractivity (Wildman–Crippen MR) is 87.6 cm³/mol. The van der Waals surface area contributed by atoms with Crippen molar-refractivity contribution >= 4 is 0 Å². The summed E-state index contributed by atoms with van der Waals surface area (Å²) in [5.74, 6) is 2.57. The van der Waals surface area contributed by atoms with E-state index >= 15 is 0 Å². The first-order valence-electron chi connectivity index (χ1n) is 8.83. The van der Waals surface area contributed by atoms with Crippen molar-refractivity contribution in [3.8, 4) is 0 Å². The van der Waals surface area contributed by atoms with Crippen molar-refractivity contribution in [3.05, 3.63) is 22.3 Å². The first kappa shape index (κ1) is 14.4. The van der Waals surface area contributed by atoms with Gasteiger partial charge in [-0.05, 0) is 75.0 Å².